The summed E-state index contributed by atoms with van der Waals surface area (Å²) in [5.41, 5.74) is 4.47. The van der Waals surface area contributed by atoms with Crippen molar-refractivity contribution < 1.29 is 4.79 Å². The third kappa shape index (κ3) is 1.96. The van der Waals surface area contributed by atoms with Gasteiger partial charge in [-0.2, -0.15) is 0 Å². The highest BCUT2D eigenvalue weighted by atomic mass is 16.1. The van der Waals surface area contributed by atoms with E-state index in [4.69, 9.17) is 0 Å². The maximum atomic E-state index is 11.6. The second kappa shape index (κ2) is 4.09. The van der Waals surface area contributed by atoms with Gasteiger partial charge in [-0.15, -0.1) is 0 Å². The molecule has 1 N–H and O–H groups in total. The van der Waals surface area contributed by atoms with Crippen LogP contribution in [0.2, 0.25) is 0 Å². The van der Waals surface area contributed by atoms with Crippen molar-refractivity contribution in [3.63, 3.8) is 0 Å². The average molecular weight is 242 g/mol. The van der Waals surface area contributed by atoms with Crippen LogP contribution in [-0.4, -0.2) is 11.6 Å². The number of aliphatic imine (C=N–C) groups is 1. The summed E-state index contributed by atoms with van der Waals surface area (Å²) in [4.78, 5) is 16.1. The molecule has 0 fully saturated rings. The molecule has 18 heavy (non-hydrogen) atoms. The summed E-state index contributed by atoms with van der Waals surface area (Å²) < 4.78 is 0. The molecule has 0 unspecified atom stereocenters. The highest BCUT2D eigenvalue weighted by molar-refractivity contribution is 6.04. The van der Waals surface area contributed by atoms with Gasteiger partial charge in [-0.1, -0.05) is 20.4 Å². The van der Waals surface area contributed by atoms with Gasteiger partial charge in [0.25, 0.3) is 5.91 Å². The molecule has 0 bridgehead atoms. The van der Waals surface area contributed by atoms with E-state index in [1.54, 1.807) is 6.92 Å². The van der Waals surface area contributed by atoms with Crippen molar-refractivity contribution in [2.75, 3.05) is 5.32 Å². The third-order valence-electron chi connectivity index (χ3n) is 3.51. The summed E-state index contributed by atoms with van der Waals surface area (Å²) in [6.07, 6.45) is 0. The summed E-state index contributed by atoms with van der Waals surface area (Å²) in [5, 5.41) is 2.83. The molecular formula is C15H18N2O. The van der Waals surface area contributed by atoms with Gasteiger partial charge in [0.1, 0.15) is 0 Å². The summed E-state index contributed by atoms with van der Waals surface area (Å²) in [6.45, 7) is 11.6. The Morgan fingerprint density at radius 2 is 2.06 bits per heavy atom. The van der Waals surface area contributed by atoms with Crippen LogP contribution in [0.25, 0.3) is 0 Å². The minimum absolute atomic E-state index is 0.0701. The van der Waals surface area contributed by atoms with Crippen LogP contribution in [0.15, 0.2) is 35.3 Å². The van der Waals surface area contributed by atoms with Crippen LogP contribution in [-0.2, 0) is 10.2 Å². The molecule has 3 nitrogen and oxygen atoms in total. The number of fused-ring (bicyclic) bond motifs is 1. The van der Waals surface area contributed by atoms with E-state index < -0.39 is 0 Å². The number of amides is 1. The lowest BCUT2D eigenvalue weighted by atomic mass is 9.82. The molecule has 0 saturated carbocycles. The molecule has 0 spiro atoms. The van der Waals surface area contributed by atoms with Crippen molar-refractivity contribution in [3.05, 3.63) is 35.9 Å². The van der Waals surface area contributed by atoms with Gasteiger partial charge in [0, 0.05) is 22.4 Å². The summed E-state index contributed by atoms with van der Waals surface area (Å²) in [7, 11) is 0. The molecule has 0 atom stereocenters. The largest absolute Gasteiger partial charge is 0.322 e. The van der Waals surface area contributed by atoms with Crippen molar-refractivity contribution >= 4 is 23.0 Å². The fourth-order valence-corrected chi connectivity index (χ4v) is 1.97. The van der Waals surface area contributed by atoms with Gasteiger partial charge in [-0.25, -0.2) is 0 Å². The van der Waals surface area contributed by atoms with E-state index in [1.165, 1.54) is 0 Å². The van der Waals surface area contributed by atoms with E-state index in [0.29, 0.717) is 5.57 Å². The van der Waals surface area contributed by atoms with Crippen molar-refractivity contribution in [2.45, 2.75) is 33.1 Å². The first-order valence-corrected chi connectivity index (χ1v) is 5.99. The van der Waals surface area contributed by atoms with Gasteiger partial charge >= 0.3 is 0 Å². The molecule has 0 radical (unpaired) electrons. The average Bonchev–Trinajstić information content (AvgIpc) is 2.51. The lowest BCUT2D eigenvalue weighted by Crippen LogP contribution is -2.23. The van der Waals surface area contributed by atoms with Crippen LogP contribution in [0.4, 0.5) is 11.4 Å². The number of carbonyl (C=O) groups excluding carboxylic acids is 1. The molecule has 1 amide bonds. The van der Waals surface area contributed by atoms with Crippen LogP contribution in [0.3, 0.4) is 0 Å². The second-order valence-electron chi connectivity index (χ2n) is 5.29. The van der Waals surface area contributed by atoms with E-state index in [1.807, 2.05) is 25.1 Å². The summed E-state index contributed by atoms with van der Waals surface area (Å²) in [5.74, 6) is -0.150. The van der Waals surface area contributed by atoms with E-state index in [9.17, 15) is 4.79 Å². The SMILES string of the molecule is C=C(C)C(=O)Nc1ccc2c(c1)C(C)(C)C(C)=N2. The lowest BCUT2D eigenvalue weighted by Gasteiger charge is -2.20. The second-order valence-corrected chi connectivity index (χ2v) is 5.29. The topological polar surface area (TPSA) is 41.5 Å². The molecular weight excluding hydrogens is 224 g/mol. The monoisotopic (exact) mass is 242 g/mol. The van der Waals surface area contributed by atoms with Crippen LogP contribution in [0.5, 0.6) is 0 Å². The standard InChI is InChI=1S/C15H18N2O/c1-9(2)14(18)17-11-6-7-13-12(8-11)15(4,5)10(3)16-13/h6-8H,1H2,2-5H3,(H,17,18). The predicted octanol–water partition coefficient (Wildman–Crippen LogP) is 3.58. The first-order valence-electron chi connectivity index (χ1n) is 5.99. The fourth-order valence-electron chi connectivity index (χ4n) is 1.97. The van der Waals surface area contributed by atoms with E-state index in [0.717, 1.165) is 22.6 Å². The van der Waals surface area contributed by atoms with Crippen LogP contribution in [0, 0.1) is 0 Å². The fraction of sp³-hybridized carbons (Fsp3) is 0.333. The van der Waals surface area contributed by atoms with Gasteiger partial charge in [0.05, 0.1) is 5.69 Å². The Morgan fingerprint density at radius 3 is 2.67 bits per heavy atom. The van der Waals surface area contributed by atoms with Crippen LogP contribution >= 0.6 is 0 Å². The van der Waals surface area contributed by atoms with Crippen LogP contribution < -0.4 is 5.32 Å². The molecule has 1 aromatic carbocycles. The van der Waals surface area contributed by atoms with E-state index >= 15 is 0 Å². The smallest absolute Gasteiger partial charge is 0.250 e. The van der Waals surface area contributed by atoms with E-state index in [2.05, 4.69) is 30.7 Å². The minimum Gasteiger partial charge on any atom is -0.322 e. The molecule has 0 aromatic heterocycles. The molecule has 1 aliphatic rings. The quantitative estimate of drug-likeness (QED) is 0.791. The van der Waals surface area contributed by atoms with Crippen molar-refractivity contribution in [3.8, 4) is 0 Å². The zero-order valence-electron chi connectivity index (χ0n) is 11.3. The van der Waals surface area contributed by atoms with Crippen molar-refractivity contribution in [2.24, 2.45) is 4.99 Å². The van der Waals surface area contributed by atoms with Gasteiger partial charge < -0.3 is 5.32 Å². The molecule has 0 saturated heterocycles. The molecule has 1 aliphatic heterocycles. The number of carbonyl (C=O) groups is 1. The Balaban J connectivity index is 2.34. The lowest BCUT2D eigenvalue weighted by molar-refractivity contribution is -0.112. The molecule has 0 aliphatic carbocycles. The van der Waals surface area contributed by atoms with Crippen molar-refractivity contribution in [1.82, 2.24) is 0 Å². The van der Waals surface area contributed by atoms with Gasteiger partial charge in [0.2, 0.25) is 0 Å². The number of nitrogens with zero attached hydrogens (tertiary/aromatic N) is 1. The number of rotatable bonds is 2. The highest BCUT2D eigenvalue weighted by Crippen LogP contribution is 2.41. The zero-order chi connectivity index (χ0) is 13.5. The maximum Gasteiger partial charge on any atom is 0.250 e. The zero-order valence-corrected chi connectivity index (χ0v) is 11.3. The number of anilines is 1. The first kappa shape index (κ1) is 12.6. The normalized spacial score (nSPS) is 15.9. The Bertz CT molecular complexity index is 568. The van der Waals surface area contributed by atoms with Gasteiger partial charge in [-0.05, 0) is 37.6 Å². The molecule has 94 valence electrons. The molecule has 1 heterocycles. The predicted molar refractivity (Wildman–Crippen MR) is 75.7 cm³/mol. The van der Waals surface area contributed by atoms with Crippen molar-refractivity contribution in [1.29, 1.82) is 0 Å². The first-order chi connectivity index (χ1) is 8.32. The van der Waals surface area contributed by atoms with Gasteiger partial charge in [0.15, 0.2) is 0 Å². The number of hydrogen-bond donors (Lipinski definition) is 1. The highest BCUT2D eigenvalue weighted by Gasteiger charge is 2.32. The Morgan fingerprint density at radius 1 is 1.39 bits per heavy atom. The van der Waals surface area contributed by atoms with Crippen LogP contribution in [0.1, 0.15) is 33.3 Å². The minimum atomic E-state index is -0.150. The molecule has 1 aromatic rings. The third-order valence-corrected chi connectivity index (χ3v) is 3.51. The number of hydrogen-bond acceptors (Lipinski definition) is 2. The number of nitrogens with one attached hydrogen (secondary N) is 1. The summed E-state index contributed by atoms with van der Waals surface area (Å²) >= 11 is 0. The molecule has 3 heteroatoms. The van der Waals surface area contributed by atoms with E-state index in [-0.39, 0.29) is 11.3 Å². The Hall–Kier alpha value is -1.90. The Labute approximate surface area is 108 Å². The molecule has 2 rings (SSSR count). The summed E-state index contributed by atoms with van der Waals surface area (Å²) in [6, 6.07) is 5.82. The maximum absolute atomic E-state index is 11.6. The Kier molecular flexibility index (Phi) is 2.85. The van der Waals surface area contributed by atoms with Gasteiger partial charge in [-0.3, -0.25) is 9.79 Å². The number of benzene rings is 1.